The Balaban J connectivity index is 2.30. The molecule has 66 valence electrons. The van der Waals surface area contributed by atoms with Crippen molar-refractivity contribution in [1.29, 1.82) is 0 Å². The second kappa shape index (κ2) is 4.86. The van der Waals surface area contributed by atoms with E-state index >= 15 is 0 Å². The Labute approximate surface area is 72.7 Å². The average molecular weight is 166 g/mol. The molecule has 0 aromatic carbocycles. The predicted molar refractivity (Wildman–Crippen MR) is 46.9 cm³/mol. The average Bonchev–Trinajstić information content (AvgIpc) is 2.05. The van der Waals surface area contributed by atoms with E-state index in [-0.39, 0.29) is 5.78 Å². The number of carbonyl (C=O) groups excluding carboxylic acids is 2. The van der Waals surface area contributed by atoms with Crippen molar-refractivity contribution < 1.29 is 9.59 Å². The van der Waals surface area contributed by atoms with Gasteiger partial charge in [-0.1, -0.05) is 5.57 Å². The molecule has 0 unspecified atom stereocenters. The maximum atomic E-state index is 11.0. The van der Waals surface area contributed by atoms with Crippen LogP contribution in [0.25, 0.3) is 0 Å². The predicted octanol–water partition coefficient (Wildman–Crippen LogP) is 2.04. The van der Waals surface area contributed by atoms with E-state index in [1.54, 1.807) is 6.08 Å². The number of allylic oxidation sites excluding steroid dienone is 2. The van der Waals surface area contributed by atoms with Crippen LogP contribution in [0, 0.1) is 0 Å². The van der Waals surface area contributed by atoms with Gasteiger partial charge in [0.25, 0.3) is 0 Å². The quantitative estimate of drug-likeness (QED) is 0.473. The Morgan fingerprint density at radius 2 is 2.25 bits per heavy atom. The summed E-state index contributed by atoms with van der Waals surface area (Å²) in [7, 11) is 0. The highest BCUT2D eigenvalue weighted by atomic mass is 16.1. The molecule has 0 aliphatic heterocycles. The zero-order valence-electron chi connectivity index (χ0n) is 7.21. The highest BCUT2D eigenvalue weighted by molar-refractivity contribution is 5.91. The second-order valence-corrected chi connectivity index (χ2v) is 3.18. The van der Waals surface area contributed by atoms with Crippen LogP contribution < -0.4 is 0 Å². The minimum atomic E-state index is 0.252. The Hall–Kier alpha value is -0.920. The van der Waals surface area contributed by atoms with Crippen LogP contribution in [0.15, 0.2) is 11.6 Å². The van der Waals surface area contributed by atoms with Gasteiger partial charge in [0.05, 0.1) is 0 Å². The molecule has 12 heavy (non-hydrogen) atoms. The van der Waals surface area contributed by atoms with Gasteiger partial charge < -0.3 is 4.79 Å². The van der Waals surface area contributed by atoms with Crippen molar-refractivity contribution in [3.63, 3.8) is 0 Å². The lowest BCUT2D eigenvalue weighted by Crippen LogP contribution is -2.02. The molecule has 2 nitrogen and oxygen atoms in total. The maximum Gasteiger partial charge on any atom is 0.155 e. The Bertz CT molecular complexity index is 204. The molecule has 0 spiro atoms. The fourth-order valence-corrected chi connectivity index (χ4v) is 1.47. The minimum absolute atomic E-state index is 0.252. The molecule has 1 rings (SSSR count). The number of ketones is 1. The summed E-state index contributed by atoms with van der Waals surface area (Å²) in [5.41, 5.74) is 1.23. The number of rotatable bonds is 4. The van der Waals surface area contributed by atoms with E-state index in [0.717, 1.165) is 32.0 Å². The summed E-state index contributed by atoms with van der Waals surface area (Å²) >= 11 is 0. The normalized spacial score (nSPS) is 17.3. The van der Waals surface area contributed by atoms with Gasteiger partial charge in [-0.15, -0.1) is 0 Å². The van der Waals surface area contributed by atoms with E-state index in [1.807, 2.05) is 0 Å². The zero-order valence-corrected chi connectivity index (χ0v) is 7.21. The lowest BCUT2D eigenvalue weighted by Gasteiger charge is -2.10. The highest BCUT2D eigenvalue weighted by Crippen LogP contribution is 2.19. The summed E-state index contributed by atoms with van der Waals surface area (Å²) in [5, 5.41) is 0. The molecule has 0 aromatic heterocycles. The molecule has 0 bridgehead atoms. The minimum Gasteiger partial charge on any atom is -0.303 e. The molecule has 0 fully saturated rings. The highest BCUT2D eigenvalue weighted by Gasteiger charge is 2.08. The van der Waals surface area contributed by atoms with Gasteiger partial charge in [-0.3, -0.25) is 4.79 Å². The Morgan fingerprint density at radius 3 is 2.92 bits per heavy atom. The first-order valence-corrected chi connectivity index (χ1v) is 4.49. The standard InChI is InChI=1S/C10H14O2/c11-7-2-1-4-9-5-3-6-10(12)8-9/h7-8H,1-6H2. The van der Waals surface area contributed by atoms with Gasteiger partial charge in [-0.2, -0.15) is 0 Å². The van der Waals surface area contributed by atoms with Gasteiger partial charge in [-0.05, 0) is 31.8 Å². The van der Waals surface area contributed by atoms with Crippen molar-refractivity contribution in [2.45, 2.75) is 38.5 Å². The molecule has 0 saturated heterocycles. The monoisotopic (exact) mass is 166 g/mol. The lowest BCUT2D eigenvalue weighted by atomic mass is 9.95. The third-order valence-corrected chi connectivity index (χ3v) is 2.11. The summed E-state index contributed by atoms with van der Waals surface area (Å²) in [5.74, 6) is 0.252. The molecule has 2 heteroatoms. The van der Waals surface area contributed by atoms with Crippen molar-refractivity contribution >= 4 is 12.1 Å². The van der Waals surface area contributed by atoms with Crippen LogP contribution in [-0.4, -0.2) is 12.1 Å². The van der Waals surface area contributed by atoms with Gasteiger partial charge in [-0.25, -0.2) is 0 Å². The SMILES string of the molecule is O=CCCCC1=CC(=O)CCC1. The zero-order chi connectivity index (χ0) is 8.81. The molecule has 0 N–H and O–H groups in total. The molecule has 0 aromatic rings. The van der Waals surface area contributed by atoms with Crippen LogP contribution in [0.2, 0.25) is 0 Å². The molecular formula is C10H14O2. The number of aldehydes is 1. The van der Waals surface area contributed by atoms with E-state index in [2.05, 4.69) is 0 Å². The number of carbonyl (C=O) groups is 2. The van der Waals surface area contributed by atoms with E-state index < -0.39 is 0 Å². The lowest BCUT2D eigenvalue weighted by molar-refractivity contribution is -0.115. The van der Waals surface area contributed by atoms with Gasteiger partial charge >= 0.3 is 0 Å². The molecule has 0 atom stereocenters. The van der Waals surface area contributed by atoms with E-state index in [4.69, 9.17) is 0 Å². The van der Waals surface area contributed by atoms with Crippen LogP contribution in [0.3, 0.4) is 0 Å². The van der Waals surface area contributed by atoms with Crippen LogP contribution in [-0.2, 0) is 9.59 Å². The third-order valence-electron chi connectivity index (χ3n) is 2.11. The maximum absolute atomic E-state index is 11.0. The van der Waals surface area contributed by atoms with Crippen molar-refractivity contribution in [3.8, 4) is 0 Å². The van der Waals surface area contributed by atoms with Gasteiger partial charge in [0.1, 0.15) is 6.29 Å². The van der Waals surface area contributed by atoms with E-state index in [9.17, 15) is 9.59 Å². The summed E-state index contributed by atoms with van der Waals surface area (Å²) < 4.78 is 0. The van der Waals surface area contributed by atoms with Crippen LogP contribution in [0.5, 0.6) is 0 Å². The molecular weight excluding hydrogens is 152 g/mol. The Morgan fingerprint density at radius 1 is 1.42 bits per heavy atom. The smallest absolute Gasteiger partial charge is 0.155 e. The molecule has 1 aliphatic rings. The number of hydrogen-bond donors (Lipinski definition) is 0. The van der Waals surface area contributed by atoms with Gasteiger partial charge in [0.15, 0.2) is 5.78 Å². The molecule has 0 radical (unpaired) electrons. The summed E-state index contributed by atoms with van der Waals surface area (Å²) in [4.78, 5) is 21.0. The number of unbranched alkanes of at least 4 members (excludes halogenated alkanes) is 1. The number of hydrogen-bond acceptors (Lipinski definition) is 2. The summed E-state index contributed by atoms with van der Waals surface area (Å²) in [6.07, 6.45) is 7.87. The first kappa shape index (κ1) is 9.17. The van der Waals surface area contributed by atoms with Crippen molar-refractivity contribution in [2.24, 2.45) is 0 Å². The van der Waals surface area contributed by atoms with E-state index in [0.29, 0.717) is 12.8 Å². The summed E-state index contributed by atoms with van der Waals surface area (Å²) in [6.45, 7) is 0. The van der Waals surface area contributed by atoms with Crippen molar-refractivity contribution in [2.75, 3.05) is 0 Å². The van der Waals surface area contributed by atoms with Crippen molar-refractivity contribution in [3.05, 3.63) is 11.6 Å². The first-order chi connectivity index (χ1) is 5.83. The van der Waals surface area contributed by atoms with Crippen LogP contribution >= 0.6 is 0 Å². The third kappa shape index (κ3) is 2.99. The molecule has 1 aliphatic carbocycles. The van der Waals surface area contributed by atoms with E-state index in [1.165, 1.54) is 5.57 Å². The summed E-state index contributed by atoms with van der Waals surface area (Å²) in [6, 6.07) is 0. The van der Waals surface area contributed by atoms with Gasteiger partial charge in [0, 0.05) is 12.8 Å². The second-order valence-electron chi connectivity index (χ2n) is 3.18. The fourth-order valence-electron chi connectivity index (χ4n) is 1.47. The Kier molecular flexibility index (Phi) is 3.71. The molecule has 0 saturated carbocycles. The molecule has 0 amide bonds. The fraction of sp³-hybridized carbons (Fsp3) is 0.600. The molecule has 0 heterocycles. The largest absolute Gasteiger partial charge is 0.303 e. The van der Waals surface area contributed by atoms with Crippen molar-refractivity contribution in [1.82, 2.24) is 0 Å². The topological polar surface area (TPSA) is 34.1 Å². The van der Waals surface area contributed by atoms with Crippen LogP contribution in [0.4, 0.5) is 0 Å². The first-order valence-electron chi connectivity index (χ1n) is 4.49. The van der Waals surface area contributed by atoms with Crippen LogP contribution in [0.1, 0.15) is 38.5 Å². The van der Waals surface area contributed by atoms with Gasteiger partial charge in [0.2, 0.25) is 0 Å².